The Morgan fingerprint density at radius 3 is 2.07 bits per heavy atom. The molecule has 2 fully saturated rings. The summed E-state index contributed by atoms with van der Waals surface area (Å²) in [6, 6.07) is 6.49. The molecule has 27 heavy (non-hydrogen) atoms. The lowest BCUT2D eigenvalue weighted by atomic mass is 10.2. The second-order valence-electron chi connectivity index (χ2n) is 6.03. The zero-order valence-electron chi connectivity index (χ0n) is 14.9. The van der Waals surface area contributed by atoms with Crippen LogP contribution in [0.15, 0.2) is 28.0 Å². The first kappa shape index (κ1) is 22.3. The molecule has 2 aliphatic rings. The van der Waals surface area contributed by atoms with Crippen molar-refractivity contribution in [2.24, 2.45) is 0 Å². The highest BCUT2D eigenvalue weighted by Crippen LogP contribution is 2.39. The Hall–Kier alpha value is 0.640. The van der Waals surface area contributed by atoms with Crippen LogP contribution in [0, 0.1) is 6.92 Å². The Morgan fingerprint density at radius 2 is 1.56 bits per heavy atom. The van der Waals surface area contributed by atoms with Crippen LogP contribution in [-0.2, 0) is 9.47 Å². The zero-order chi connectivity index (χ0) is 19.1. The van der Waals surface area contributed by atoms with Crippen molar-refractivity contribution in [1.29, 1.82) is 0 Å². The Balaban J connectivity index is 1.46. The lowest BCUT2D eigenvalue weighted by molar-refractivity contribution is 0.0743. The molecule has 10 heteroatoms. The van der Waals surface area contributed by atoms with E-state index >= 15 is 0 Å². The molecule has 0 aromatic heterocycles. The van der Waals surface area contributed by atoms with E-state index in [0.717, 1.165) is 47.8 Å². The van der Waals surface area contributed by atoms with Crippen LogP contribution in [0.2, 0.25) is 0 Å². The van der Waals surface area contributed by atoms with Gasteiger partial charge in [0.05, 0.1) is 21.6 Å². The van der Waals surface area contributed by atoms with Gasteiger partial charge in [0.25, 0.3) is 0 Å². The fourth-order valence-corrected chi connectivity index (χ4v) is 7.50. The number of nitrogens with one attached hydrogen (secondary N) is 2. The van der Waals surface area contributed by atoms with Crippen LogP contribution >= 0.6 is 67.6 Å². The highest BCUT2D eigenvalue weighted by molar-refractivity contribution is 8.84. The van der Waals surface area contributed by atoms with Crippen molar-refractivity contribution in [1.82, 2.24) is 10.6 Å². The molecule has 0 bridgehead atoms. The summed E-state index contributed by atoms with van der Waals surface area (Å²) in [6.07, 6.45) is 0.0476. The summed E-state index contributed by atoms with van der Waals surface area (Å²) in [5, 5.41) is 6.63. The van der Waals surface area contributed by atoms with Gasteiger partial charge in [-0.05, 0) is 52.3 Å². The summed E-state index contributed by atoms with van der Waals surface area (Å²) < 4.78 is 13.2. The number of ether oxygens (including phenoxy) is 2. The molecule has 0 amide bonds. The quantitative estimate of drug-likeness (QED) is 0.461. The number of morpholine rings is 2. The van der Waals surface area contributed by atoms with E-state index in [1.807, 2.05) is 0 Å². The fraction of sp³-hybridized carbons (Fsp3) is 0.529. The van der Waals surface area contributed by atoms with Crippen LogP contribution in [0.3, 0.4) is 0 Å². The van der Waals surface area contributed by atoms with Crippen molar-refractivity contribution in [2.45, 2.75) is 28.9 Å². The summed E-state index contributed by atoms with van der Waals surface area (Å²) in [5.41, 5.74) is 1.24. The molecule has 148 valence electrons. The maximum atomic E-state index is 5.71. The molecule has 0 radical (unpaired) electrons. The van der Waals surface area contributed by atoms with Crippen LogP contribution in [0.4, 0.5) is 0 Å². The summed E-state index contributed by atoms with van der Waals surface area (Å²) >= 11 is 11.0. The number of hydrogen-bond acceptors (Lipinski definition) is 10. The molecule has 2 aliphatic heterocycles. The molecule has 0 aliphatic carbocycles. The molecule has 2 atom stereocenters. The van der Waals surface area contributed by atoms with Crippen molar-refractivity contribution in [3.05, 3.63) is 23.8 Å². The van der Waals surface area contributed by atoms with Gasteiger partial charge in [0, 0.05) is 36.0 Å². The van der Waals surface area contributed by atoms with Gasteiger partial charge in [-0.1, -0.05) is 46.0 Å². The van der Waals surface area contributed by atoms with Gasteiger partial charge in [0.2, 0.25) is 0 Å². The predicted octanol–water partition coefficient (Wildman–Crippen LogP) is 4.11. The van der Waals surface area contributed by atoms with Crippen molar-refractivity contribution in [3.8, 4) is 0 Å². The first-order chi connectivity index (χ1) is 13.1. The molecule has 3 rings (SSSR count). The van der Waals surface area contributed by atoms with Gasteiger partial charge < -0.3 is 20.1 Å². The van der Waals surface area contributed by atoms with Crippen molar-refractivity contribution < 1.29 is 9.47 Å². The Labute approximate surface area is 187 Å². The molecule has 2 heterocycles. The molecule has 0 spiro atoms. The standard InChI is InChI=1S/C17H22N2O2S6/c1-11-8-12(24-26-16(22)13-9-18-4-6-20-13)2-3-15(11)25-27-17(23)14-10-19-5-7-21-14/h2-3,8,13-14,18-19H,4-7,9-10H2,1H3. The van der Waals surface area contributed by atoms with Gasteiger partial charge >= 0.3 is 0 Å². The molecule has 0 saturated carbocycles. The Kier molecular flexibility index (Phi) is 9.70. The van der Waals surface area contributed by atoms with E-state index in [0.29, 0.717) is 0 Å². The van der Waals surface area contributed by atoms with Gasteiger partial charge in [-0.3, -0.25) is 0 Å². The molecule has 1 aromatic rings. The van der Waals surface area contributed by atoms with E-state index in [9.17, 15) is 0 Å². The molecule has 2 N–H and O–H groups in total. The molecular weight excluding hydrogens is 457 g/mol. The van der Waals surface area contributed by atoms with E-state index < -0.39 is 0 Å². The first-order valence-corrected chi connectivity index (χ1v) is 13.8. The number of thiocarbonyl (C=S) groups is 2. The number of aryl methyl sites for hydroxylation is 1. The molecular formula is C17H22N2O2S6. The first-order valence-electron chi connectivity index (χ1n) is 8.65. The summed E-state index contributed by atoms with van der Waals surface area (Å²) in [7, 11) is 6.63. The van der Waals surface area contributed by atoms with Crippen LogP contribution in [-0.4, -0.2) is 60.0 Å². The number of benzene rings is 1. The van der Waals surface area contributed by atoms with Gasteiger partial charge in [0.15, 0.2) is 0 Å². The average Bonchev–Trinajstić information content (AvgIpc) is 2.72. The fourth-order valence-electron chi connectivity index (χ4n) is 2.48. The predicted molar refractivity (Wildman–Crippen MR) is 128 cm³/mol. The summed E-state index contributed by atoms with van der Waals surface area (Å²) in [6.45, 7) is 6.99. The highest BCUT2D eigenvalue weighted by Gasteiger charge is 2.20. The van der Waals surface area contributed by atoms with Crippen molar-refractivity contribution in [3.63, 3.8) is 0 Å². The maximum absolute atomic E-state index is 5.71. The smallest absolute Gasteiger partial charge is 0.112 e. The molecule has 1 aromatic carbocycles. The summed E-state index contributed by atoms with van der Waals surface area (Å²) in [4.78, 5) is 2.42. The van der Waals surface area contributed by atoms with E-state index in [1.54, 1.807) is 43.2 Å². The minimum atomic E-state index is 0.0234. The van der Waals surface area contributed by atoms with Crippen molar-refractivity contribution in [2.75, 3.05) is 39.4 Å². The zero-order valence-corrected chi connectivity index (χ0v) is 19.8. The van der Waals surface area contributed by atoms with E-state index in [-0.39, 0.29) is 12.2 Å². The third kappa shape index (κ3) is 7.13. The van der Waals surface area contributed by atoms with Crippen LogP contribution in [0.5, 0.6) is 0 Å². The van der Waals surface area contributed by atoms with Crippen molar-refractivity contribution >= 4 is 76.0 Å². The SMILES string of the molecule is Cc1cc(SSC(=S)C2CNCCO2)ccc1SSC(=S)C1CNCCO1. The minimum absolute atomic E-state index is 0.0234. The van der Waals surface area contributed by atoms with Gasteiger partial charge in [-0.15, -0.1) is 0 Å². The Morgan fingerprint density at radius 1 is 0.963 bits per heavy atom. The monoisotopic (exact) mass is 478 g/mol. The third-order valence-corrected chi connectivity index (χ3v) is 10.4. The third-order valence-electron chi connectivity index (χ3n) is 3.96. The molecule has 2 saturated heterocycles. The highest BCUT2D eigenvalue weighted by atomic mass is 33.1. The van der Waals surface area contributed by atoms with Gasteiger partial charge in [-0.2, -0.15) is 0 Å². The van der Waals surface area contributed by atoms with E-state index in [2.05, 4.69) is 35.8 Å². The van der Waals surface area contributed by atoms with E-state index in [4.69, 9.17) is 33.9 Å². The van der Waals surface area contributed by atoms with Gasteiger partial charge in [0.1, 0.15) is 12.2 Å². The maximum Gasteiger partial charge on any atom is 0.112 e. The number of hydrogen-bond donors (Lipinski definition) is 2. The van der Waals surface area contributed by atoms with E-state index in [1.165, 1.54) is 15.4 Å². The second kappa shape index (κ2) is 11.7. The lowest BCUT2D eigenvalue weighted by Gasteiger charge is -2.23. The molecule has 4 nitrogen and oxygen atoms in total. The summed E-state index contributed by atoms with van der Waals surface area (Å²) in [5.74, 6) is 0. The average molecular weight is 479 g/mol. The van der Waals surface area contributed by atoms with Crippen LogP contribution in [0.1, 0.15) is 5.56 Å². The minimum Gasteiger partial charge on any atom is -0.369 e. The second-order valence-corrected chi connectivity index (χ2v) is 11.9. The molecule has 2 unspecified atom stereocenters. The van der Waals surface area contributed by atoms with Crippen LogP contribution < -0.4 is 10.6 Å². The largest absolute Gasteiger partial charge is 0.369 e. The normalized spacial score (nSPS) is 23.1. The Bertz CT molecular complexity index is 663. The lowest BCUT2D eigenvalue weighted by Crippen LogP contribution is -2.41. The van der Waals surface area contributed by atoms with Crippen LogP contribution in [0.25, 0.3) is 0 Å². The number of rotatable bonds is 6. The topological polar surface area (TPSA) is 42.5 Å². The van der Waals surface area contributed by atoms with Gasteiger partial charge in [-0.25, -0.2) is 0 Å².